The maximum absolute atomic E-state index is 11.0. The van der Waals surface area contributed by atoms with Gasteiger partial charge in [-0.25, -0.2) is 0 Å². The molecule has 0 spiro atoms. The highest BCUT2D eigenvalue weighted by Crippen LogP contribution is 2.49. The van der Waals surface area contributed by atoms with Crippen LogP contribution in [0.1, 0.15) is 57.1 Å². The van der Waals surface area contributed by atoms with Gasteiger partial charge in [0.25, 0.3) is 0 Å². The highest BCUT2D eigenvalue weighted by Gasteiger charge is 2.52. The summed E-state index contributed by atoms with van der Waals surface area (Å²) < 4.78 is 0. The molecule has 0 unspecified atom stereocenters. The third-order valence-electron chi connectivity index (χ3n) is 4.98. The van der Waals surface area contributed by atoms with E-state index in [1.165, 1.54) is 19.3 Å². The Morgan fingerprint density at radius 3 is 2.53 bits per heavy atom. The van der Waals surface area contributed by atoms with Gasteiger partial charge in [-0.2, -0.15) is 5.48 Å². The van der Waals surface area contributed by atoms with Gasteiger partial charge in [0.05, 0.1) is 0 Å². The average Bonchev–Trinajstić information content (AvgIpc) is 2.85. The fraction of sp³-hybridized carbons (Fsp3) is 0.625. The number of nitrogens with one attached hydrogen (secondary N) is 1. The highest BCUT2D eigenvalue weighted by atomic mass is 16.7. The quantitative estimate of drug-likeness (QED) is 0.858. The van der Waals surface area contributed by atoms with Gasteiger partial charge in [-0.1, -0.05) is 56.5 Å². The van der Waals surface area contributed by atoms with E-state index in [0.717, 1.165) is 18.4 Å². The van der Waals surface area contributed by atoms with E-state index in [1.807, 2.05) is 18.2 Å². The molecule has 3 rings (SSSR count). The van der Waals surface area contributed by atoms with Crippen LogP contribution in [0.25, 0.3) is 0 Å². The second-order valence-electron chi connectivity index (χ2n) is 6.30. The molecule has 104 valence electrons. The smallest absolute Gasteiger partial charge is 0.146 e. The minimum Gasteiger partial charge on any atom is -0.373 e. The fourth-order valence-corrected chi connectivity index (χ4v) is 3.49. The van der Waals surface area contributed by atoms with Crippen molar-refractivity contribution in [1.82, 2.24) is 5.48 Å². The number of benzene rings is 1. The zero-order valence-corrected chi connectivity index (χ0v) is 11.6. The lowest BCUT2D eigenvalue weighted by Gasteiger charge is -2.44. The van der Waals surface area contributed by atoms with E-state index in [-0.39, 0.29) is 11.5 Å². The molecular formula is C16H23NO2. The molecule has 2 fully saturated rings. The van der Waals surface area contributed by atoms with E-state index in [0.29, 0.717) is 6.42 Å². The summed E-state index contributed by atoms with van der Waals surface area (Å²) in [5, 5.41) is 11.0. The molecule has 1 saturated carbocycles. The standard InChI is InChI=1S/C16H23NO2/c1-15(10-6-3-7-11-15)16(18)12-14(19-17-16)13-8-4-2-5-9-13/h2,4-5,8-9,14,17-18H,3,6-7,10-12H2,1H3/t14-,16-/m0/s1. The minimum absolute atomic E-state index is 0.0510. The zero-order chi connectivity index (χ0) is 13.3. The van der Waals surface area contributed by atoms with Crippen molar-refractivity contribution in [1.29, 1.82) is 0 Å². The molecule has 0 amide bonds. The molecule has 3 nitrogen and oxygen atoms in total. The van der Waals surface area contributed by atoms with Crippen LogP contribution in [-0.4, -0.2) is 10.8 Å². The lowest BCUT2D eigenvalue weighted by atomic mass is 9.67. The van der Waals surface area contributed by atoms with Crippen LogP contribution >= 0.6 is 0 Å². The fourth-order valence-electron chi connectivity index (χ4n) is 3.49. The van der Waals surface area contributed by atoms with Crippen molar-refractivity contribution in [2.24, 2.45) is 5.41 Å². The van der Waals surface area contributed by atoms with E-state index in [9.17, 15) is 5.11 Å². The van der Waals surface area contributed by atoms with Gasteiger partial charge in [0.1, 0.15) is 11.8 Å². The molecule has 3 heteroatoms. The van der Waals surface area contributed by atoms with Crippen LogP contribution < -0.4 is 5.48 Å². The van der Waals surface area contributed by atoms with E-state index < -0.39 is 5.72 Å². The molecule has 2 aliphatic rings. The Kier molecular flexibility index (Phi) is 3.37. The lowest BCUT2D eigenvalue weighted by Crippen LogP contribution is -2.54. The van der Waals surface area contributed by atoms with Crippen LogP contribution in [0.2, 0.25) is 0 Å². The Balaban J connectivity index is 1.77. The Hall–Kier alpha value is -0.900. The van der Waals surface area contributed by atoms with Gasteiger partial charge in [0.15, 0.2) is 0 Å². The largest absolute Gasteiger partial charge is 0.373 e. The van der Waals surface area contributed by atoms with Gasteiger partial charge in [0, 0.05) is 11.8 Å². The molecule has 0 aromatic heterocycles. The van der Waals surface area contributed by atoms with Crippen LogP contribution in [0, 0.1) is 5.41 Å². The highest BCUT2D eigenvalue weighted by molar-refractivity contribution is 5.19. The van der Waals surface area contributed by atoms with Crippen molar-refractivity contribution in [3.8, 4) is 0 Å². The molecule has 19 heavy (non-hydrogen) atoms. The molecule has 2 atom stereocenters. The minimum atomic E-state index is -0.895. The van der Waals surface area contributed by atoms with Gasteiger partial charge >= 0.3 is 0 Å². The maximum Gasteiger partial charge on any atom is 0.146 e. The Morgan fingerprint density at radius 1 is 1.16 bits per heavy atom. The number of hydrogen-bond acceptors (Lipinski definition) is 3. The van der Waals surface area contributed by atoms with Crippen LogP contribution in [0.5, 0.6) is 0 Å². The Morgan fingerprint density at radius 2 is 1.84 bits per heavy atom. The Labute approximate surface area is 114 Å². The predicted octanol–water partition coefficient (Wildman–Crippen LogP) is 3.31. The van der Waals surface area contributed by atoms with Crippen LogP contribution in [0.15, 0.2) is 30.3 Å². The van der Waals surface area contributed by atoms with Crippen LogP contribution in [-0.2, 0) is 4.84 Å². The third kappa shape index (κ3) is 2.31. The van der Waals surface area contributed by atoms with E-state index in [1.54, 1.807) is 0 Å². The first kappa shape index (κ1) is 13.1. The lowest BCUT2D eigenvalue weighted by molar-refractivity contribution is -0.150. The molecule has 1 heterocycles. The first-order valence-electron chi connectivity index (χ1n) is 7.33. The maximum atomic E-state index is 11.0. The summed E-state index contributed by atoms with van der Waals surface area (Å²) in [5.74, 6) is 0. The SMILES string of the molecule is CC1([C@@]2(O)C[C@@H](c3ccccc3)ON2)CCCCC1. The van der Waals surface area contributed by atoms with Crippen molar-refractivity contribution in [2.75, 3.05) is 0 Å². The number of rotatable bonds is 2. The first-order valence-corrected chi connectivity index (χ1v) is 7.33. The summed E-state index contributed by atoms with van der Waals surface area (Å²) in [7, 11) is 0. The van der Waals surface area contributed by atoms with Crippen molar-refractivity contribution in [3.63, 3.8) is 0 Å². The molecule has 1 aromatic carbocycles. The van der Waals surface area contributed by atoms with Crippen molar-refractivity contribution < 1.29 is 9.94 Å². The molecule has 1 saturated heterocycles. The average molecular weight is 261 g/mol. The van der Waals surface area contributed by atoms with Crippen LogP contribution in [0.4, 0.5) is 0 Å². The summed E-state index contributed by atoms with van der Waals surface area (Å²) in [6.45, 7) is 2.19. The summed E-state index contributed by atoms with van der Waals surface area (Å²) in [6, 6.07) is 10.1. The monoisotopic (exact) mass is 261 g/mol. The zero-order valence-electron chi connectivity index (χ0n) is 11.6. The number of hydroxylamine groups is 1. The molecular weight excluding hydrogens is 238 g/mol. The predicted molar refractivity (Wildman–Crippen MR) is 74.2 cm³/mol. The normalized spacial score (nSPS) is 34.3. The van der Waals surface area contributed by atoms with Crippen LogP contribution in [0.3, 0.4) is 0 Å². The third-order valence-corrected chi connectivity index (χ3v) is 4.98. The molecule has 0 radical (unpaired) electrons. The first-order chi connectivity index (χ1) is 9.13. The molecule has 1 aliphatic carbocycles. The van der Waals surface area contributed by atoms with Gasteiger partial charge in [0.2, 0.25) is 0 Å². The molecule has 2 N–H and O–H groups in total. The van der Waals surface area contributed by atoms with Crippen molar-refractivity contribution >= 4 is 0 Å². The number of hydrogen-bond donors (Lipinski definition) is 2. The summed E-state index contributed by atoms with van der Waals surface area (Å²) >= 11 is 0. The topological polar surface area (TPSA) is 41.5 Å². The van der Waals surface area contributed by atoms with Crippen molar-refractivity contribution in [2.45, 2.75) is 57.3 Å². The molecule has 1 aromatic rings. The van der Waals surface area contributed by atoms with Gasteiger partial charge in [-0.3, -0.25) is 4.84 Å². The van der Waals surface area contributed by atoms with E-state index in [2.05, 4.69) is 24.5 Å². The van der Waals surface area contributed by atoms with E-state index in [4.69, 9.17) is 4.84 Å². The molecule has 1 aliphatic heterocycles. The molecule has 0 bridgehead atoms. The number of aliphatic hydroxyl groups is 1. The second kappa shape index (κ2) is 4.89. The van der Waals surface area contributed by atoms with Gasteiger partial charge < -0.3 is 5.11 Å². The summed E-state index contributed by atoms with van der Waals surface area (Å²) in [5.41, 5.74) is 3.11. The van der Waals surface area contributed by atoms with Gasteiger partial charge in [-0.05, 0) is 18.4 Å². The van der Waals surface area contributed by atoms with E-state index >= 15 is 0 Å². The Bertz CT molecular complexity index is 428. The summed E-state index contributed by atoms with van der Waals surface area (Å²) in [6.07, 6.45) is 6.42. The van der Waals surface area contributed by atoms with Gasteiger partial charge in [-0.15, -0.1) is 0 Å². The summed E-state index contributed by atoms with van der Waals surface area (Å²) in [4.78, 5) is 5.67. The second-order valence-corrected chi connectivity index (χ2v) is 6.30. The van der Waals surface area contributed by atoms with Crippen molar-refractivity contribution in [3.05, 3.63) is 35.9 Å².